The molecule has 2 aromatic rings. The lowest BCUT2D eigenvalue weighted by Gasteiger charge is -2.36. The van der Waals surface area contributed by atoms with Gasteiger partial charge in [0, 0.05) is 29.9 Å². The van der Waals surface area contributed by atoms with Crippen LogP contribution in [0.4, 0.5) is 4.39 Å². The first-order chi connectivity index (χ1) is 14.5. The predicted octanol–water partition coefficient (Wildman–Crippen LogP) is 4.51. The Kier molecular flexibility index (Phi) is 8.01. The molecule has 0 saturated carbocycles. The van der Waals surface area contributed by atoms with Crippen LogP contribution in [-0.4, -0.2) is 30.5 Å². The molecule has 2 N–H and O–H groups in total. The van der Waals surface area contributed by atoms with Crippen molar-refractivity contribution in [2.45, 2.75) is 44.9 Å². The summed E-state index contributed by atoms with van der Waals surface area (Å²) in [5.74, 6) is -0.465. The van der Waals surface area contributed by atoms with Crippen molar-refractivity contribution in [3.05, 3.63) is 69.9 Å². The molecule has 1 amide bonds. The van der Waals surface area contributed by atoms with Crippen molar-refractivity contribution in [2.75, 3.05) is 13.2 Å². The average molecular weight is 434 g/mol. The van der Waals surface area contributed by atoms with E-state index in [-0.39, 0.29) is 42.0 Å². The van der Waals surface area contributed by atoms with Crippen molar-refractivity contribution in [3.63, 3.8) is 0 Å². The van der Waals surface area contributed by atoms with E-state index < -0.39 is 6.29 Å². The Hall–Kier alpha value is -2.22. The summed E-state index contributed by atoms with van der Waals surface area (Å²) in [6.07, 6.45) is 2.65. The molecule has 162 valence electrons. The Morgan fingerprint density at radius 1 is 1.33 bits per heavy atom. The number of aliphatic hydroxyl groups is 1. The van der Waals surface area contributed by atoms with Crippen LogP contribution < -0.4 is 5.32 Å². The largest absolute Gasteiger partial charge is 0.459 e. The summed E-state index contributed by atoms with van der Waals surface area (Å²) in [5, 5.41) is 14.2. The van der Waals surface area contributed by atoms with Crippen LogP contribution in [0.25, 0.3) is 0 Å². The lowest BCUT2D eigenvalue weighted by molar-refractivity contribution is -0.166. The molecule has 4 atom stereocenters. The van der Waals surface area contributed by atoms with Crippen molar-refractivity contribution in [3.8, 4) is 0 Å². The number of rotatable bonds is 9. The van der Waals surface area contributed by atoms with E-state index in [0.717, 1.165) is 16.9 Å². The molecule has 0 unspecified atom stereocenters. The molecule has 2 heterocycles. The zero-order valence-electron chi connectivity index (χ0n) is 17.2. The van der Waals surface area contributed by atoms with Gasteiger partial charge in [-0.3, -0.25) is 4.79 Å². The second-order valence-corrected chi connectivity index (χ2v) is 8.27. The van der Waals surface area contributed by atoms with Crippen LogP contribution in [0, 0.1) is 11.7 Å². The standard InChI is InChI=1S/C23H28FNO4S/c1-3-28-23-18(6-4-12-26)19(21-7-5-13-30-21)14-20(29-23)22(27)25-15(2)16-8-10-17(24)11-9-16/h5,7-11,13-15,18-19,23,26H,3-4,6,12H2,1-2H3,(H,25,27)/t15-,18-,19-,23+/m1/s1. The Labute approximate surface area is 180 Å². The van der Waals surface area contributed by atoms with Gasteiger partial charge in [0.05, 0.1) is 6.04 Å². The summed E-state index contributed by atoms with van der Waals surface area (Å²) < 4.78 is 25.0. The van der Waals surface area contributed by atoms with Crippen molar-refractivity contribution < 1.29 is 23.8 Å². The third-order valence-electron chi connectivity index (χ3n) is 5.22. The summed E-state index contributed by atoms with van der Waals surface area (Å²) in [7, 11) is 0. The molecule has 1 aliphatic heterocycles. The molecule has 5 nitrogen and oxygen atoms in total. The molecule has 1 aromatic heterocycles. The summed E-state index contributed by atoms with van der Waals surface area (Å²) in [6, 6.07) is 9.77. The molecule has 3 rings (SSSR count). The van der Waals surface area contributed by atoms with Crippen LogP contribution in [0.5, 0.6) is 0 Å². The second-order valence-electron chi connectivity index (χ2n) is 7.29. The minimum absolute atomic E-state index is 0.00169. The number of ether oxygens (including phenoxy) is 2. The van der Waals surface area contributed by atoms with E-state index in [4.69, 9.17) is 9.47 Å². The molecule has 1 aliphatic rings. The molecule has 0 spiro atoms. The van der Waals surface area contributed by atoms with E-state index in [1.165, 1.54) is 12.1 Å². The number of amides is 1. The van der Waals surface area contributed by atoms with Crippen LogP contribution in [0.2, 0.25) is 0 Å². The highest BCUT2D eigenvalue weighted by atomic mass is 32.1. The smallest absolute Gasteiger partial charge is 0.286 e. The fraction of sp³-hybridized carbons (Fsp3) is 0.435. The van der Waals surface area contributed by atoms with Gasteiger partial charge in [-0.15, -0.1) is 11.3 Å². The number of halogens is 1. The van der Waals surface area contributed by atoms with Crippen LogP contribution in [0.1, 0.15) is 49.1 Å². The third kappa shape index (κ3) is 5.47. The lowest BCUT2D eigenvalue weighted by Crippen LogP contribution is -2.39. The molecular formula is C23H28FNO4S. The summed E-state index contributed by atoms with van der Waals surface area (Å²) in [4.78, 5) is 14.1. The van der Waals surface area contributed by atoms with E-state index >= 15 is 0 Å². The van der Waals surface area contributed by atoms with Crippen molar-refractivity contribution in [1.82, 2.24) is 5.32 Å². The maximum Gasteiger partial charge on any atom is 0.286 e. The van der Waals surface area contributed by atoms with Gasteiger partial charge in [0.15, 0.2) is 5.76 Å². The number of thiophene rings is 1. The van der Waals surface area contributed by atoms with E-state index in [1.54, 1.807) is 23.5 Å². The highest BCUT2D eigenvalue weighted by molar-refractivity contribution is 7.10. The first-order valence-electron chi connectivity index (χ1n) is 10.2. The van der Waals surface area contributed by atoms with Crippen LogP contribution in [0.15, 0.2) is 53.6 Å². The average Bonchev–Trinajstić information content (AvgIpc) is 3.27. The number of aliphatic hydroxyl groups excluding tert-OH is 1. The molecule has 0 saturated heterocycles. The predicted molar refractivity (Wildman–Crippen MR) is 114 cm³/mol. The monoisotopic (exact) mass is 433 g/mol. The highest BCUT2D eigenvalue weighted by Crippen LogP contribution is 2.41. The van der Waals surface area contributed by atoms with Gasteiger partial charge in [0.2, 0.25) is 6.29 Å². The van der Waals surface area contributed by atoms with Gasteiger partial charge in [-0.1, -0.05) is 18.2 Å². The molecule has 0 bridgehead atoms. The normalized spacial score (nSPS) is 22.1. The van der Waals surface area contributed by atoms with Crippen LogP contribution in [-0.2, 0) is 14.3 Å². The lowest BCUT2D eigenvalue weighted by atomic mass is 9.84. The Morgan fingerprint density at radius 3 is 2.73 bits per heavy atom. The van der Waals surface area contributed by atoms with E-state index in [1.807, 2.05) is 37.4 Å². The Bertz CT molecular complexity index is 837. The maximum absolute atomic E-state index is 13.2. The van der Waals surface area contributed by atoms with Crippen molar-refractivity contribution in [2.24, 2.45) is 5.92 Å². The van der Waals surface area contributed by atoms with E-state index in [0.29, 0.717) is 13.0 Å². The quantitative estimate of drug-likeness (QED) is 0.610. The summed E-state index contributed by atoms with van der Waals surface area (Å²) in [5.41, 5.74) is 0.804. The zero-order valence-corrected chi connectivity index (χ0v) is 18.0. The SMILES string of the molecule is CCO[C@H]1OC(C(=O)N[C@H](C)c2ccc(F)cc2)=C[C@@H](c2cccs2)[C@H]1CCCO. The first-order valence-corrected chi connectivity index (χ1v) is 11.1. The van der Waals surface area contributed by atoms with E-state index in [2.05, 4.69) is 5.32 Å². The first kappa shape index (κ1) is 22.5. The number of carbonyl (C=O) groups is 1. The minimum atomic E-state index is -0.569. The number of hydrogen-bond acceptors (Lipinski definition) is 5. The second kappa shape index (κ2) is 10.7. The number of hydrogen-bond donors (Lipinski definition) is 2. The third-order valence-corrected chi connectivity index (χ3v) is 6.20. The number of nitrogens with one attached hydrogen (secondary N) is 1. The van der Waals surface area contributed by atoms with Gasteiger partial charge in [-0.2, -0.15) is 0 Å². The van der Waals surface area contributed by atoms with Gasteiger partial charge >= 0.3 is 0 Å². The molecule has 0 aliphatic carbocycles. The fourth-order valence-corrected chi connectivity index (χ4v) is 4.55. The van der Waals surface area contributed by atoms with Crippen LogP contribution in [0.3, 0.4) is 0 Å². The zero-order chi connectivity index (χ0) is 21.5. The topological polar surface area (TPSA) is 67.8 Å². The summed E-state index contributed by atoms with van der Waals surface area (Å²) >= 11 is 1.63. The highest BCUT2D eigenvalue weighted by Gasteiger charge is 2.38. The minimum Gasteiger partial charge on any atom is -0.459 e. The molecular weight excluding hydrogens is 405 g/mol. The Morgan fingerprint density at radius 2 is 2.10 bits per heavy atom. The van der Waals surface area contributed by atoms with Gasteiger partial charge in [-0.05, 0) is 61.9 Å². The van der Waals surface area contributed by atoms with E-state index in [9.17, 15) is 14.3 Å². The molecule has 7 heteroatoms. The number of allylic oxidation sites excluding steroid dienone is 1. The number of benzene rings is 1. The summed E-state index contributed by atoms with van der Waals surface area (Å²) in [6.45, 7) is 4.29. The van der Waals surface area contributed by atoms with Gasteiger partial charge in [0.1, 0.15) is 5.82 Å². The molecule has 0 radical (unpaired) electrons. The van der Waals surface area contributed by atoms with Crippen molar-refractivity contribution in [1.29, 1.82) is 0 Å². The maximum atomic E-state index is 13.2. The molecule has 0 fully saturated rings. The molecule has 1 aromatic carbocycles. The fourth-order valence-electron chi connectivity index (χ4n) is 3.68. The molecule has 30 heavy (non-hydrogen) atoms. The number of carbonyl (C=O) groups excluding carboxylic acids is 1. The van der Waals surface area contributed by atoms with Gasteiger partial charge in [0.25, 0.3) is 5.91 Å². The van der Waals surface area contributed by atoms with Gasteiger partial charge < -0.3 is 19.9 Å². The van der Waals surface area contributed by atoms with Crippen LogP contribution >= 0.6 is 11.3 Å². The van der Waals surface area contributed by atoms with Crippen molar-refractivity contribution >= 4 is 17.2 Å². The Balaban J connectivity index is 1.82. The van der Waals surface area contributed by atoms with Gasteiger partial charge in [-0.25, -0.2) is 4.39 Å².